The number of aryl methyl sites for hydroxylation is 2. The normalized spacial score (nSPS) is 15.7. The lowest BCUT2D eigenvalue weighted by Crippen LogP contribution is -2.37. The molecule has 0 aromatic carbocycles. The molecular formula is C13H15N3O2. The number of nitrogens with one attached hydrogen (secondary N) is 1. The molecule has 0 aliphatic carbocycles. The SMILES string of the molecule is Cc1n[nH]c(C)c1/C=C/C(=O)N1CCC=CC1=O. The van der Waals surface area contributed by atoms with Gasteiger partial charge < -0.3 is 0 Å². The van der Waals surface area contributed by atoms with Gasteiger partial charge in [0.2, 0.25) is 0 Å². The molecule has 0 radical (unpaired) electrons. The van der Waals surface area contributed by atoms with Gasteiger partial charge in [0.05, 0.1) is 5.69 Å². The van der Waals surface area contributed by atoms with Gasteiger partial charge in [-0.05, 0) is 32.4 Å². The minimum Gasteiger partial charge on any atom is -0.282 e. The van der Waals surface area contributed by atoms with Crippen molar-refractivity contribution < 1.29 is 9.59 Å². The van der Waals surface area contributed by atoms with Gasteiger partial charge in [-0.25, -0.2) is 0 Å². The lowest BCUT2D eigenvalue weighted by molar-refractivity contribution is -0.139. The van der Waals surface area contributed by atoms with E-state index in [-0.39, 0.29) is 11.8 Å². The van der Waals surface area contributed by atoms with E-state index in [1.807, 2.05) is 13.8 Å². The van der Waals surface area contributed by atoms with Crippen LogP contribution < -0.4 is 0 Å². The van der Waals surface area contributed by atoms with Gasteiger partial charge in [0.15, 0.2) is 0 Å². The second kappa shape index (κ2) is 5.00. The molecule has 0 saturated carbocycles. The summed E-state index contributed by atoms with van der Waals surface area (Å²) in [6.45, 7) is 4.20. The summed E-state index contributed by atoms with van der Waals surface area (Å²) in [6.07, 6.45) is 7.04. The quantitative estimate of drug-likeness (QED) is 0.800. The first-order chi connectivity index (χ1) is 8.59. The highest BCUT2D eigenvalue weighted by atomic mass is 16.2. The first kappa shape index (κ1) is 12.3. The lowest BCUT2D eigenvalue weighted by atomic mass is 10.1. The molecule has 2 heterocycles. The number of aromatic amines is 1. The third-order valence-electron chi connectivity index (χ3n) is 2.89. The largest absolute Gasteiger partial charge is 0.282 e. The summed E-state index contributed by atoms with van der Waals surface area (Å²) in [6, 6.07) is 0. The van der Waals surface area contributed by atoms with E-state index in [0.29, 0.717) is 6.54 Å². The average molecular weight is 245 g/mol. The van der Waals surface area contributed by atoms with Gasteiger partial charge in [-0.1, -0.05) is 6.08 Å². The van der Waals surface area contributed by atoms with E-state index in [2.05, 4.69) is 10.2 Å². The molecule has 0 saturated heterocycles. The van der Waals surface area contributed by atoms with Crippen molar-refractivity contribution in [3.8, 4) is 0 Å². The van der Waals surface area contributed by atoms with E-state index < -0.39 is 0 Å². The molecule has 0 atom stereocenters. The van der Waals surface area contributed by atoms with Crippen LogP contribution in [0.5, 0.6) is 0 Å². The van der Waals surface area contributed by atoms with Gasteiger partial charge in [0, 0.05) is 23.9 Å². The summed E-state index contributed by atoms with van der Waals surface area (Å²) in [5, 5.41) is 6.89. The second-order valence-corrected chi connectivity index (χ2v) is 4.20. The summed E-state index contributed by atoms with van der Waals surface area (Å²) >= 11 is 0. The van der Waals surface area contributed by atoms with Gasteiger partial charge in [-0.2, -0.15) is 5.10 Å². The third-order valence-corrected chi connectivity index (χ3v) is 2.89. The molecule has 0 fully saturated rings. The number of hydrogen-bond donors (Lipinski definition) is 1. The maximum absolute atomic E-state index is 11.9. The Labute approximate surface area is 105 Å². The molecule has 0 bridgehead atoms. The monoisotopic (exact) mass is 245 g/mol. The molecule has 1 aromatic rings. The van der Waals surface area contributed by atoms with E-state index in [1.165, 1.54) is 17.1 Å². The Bertz CT molecular complexity index is 521. The second-order valence-electron chi connectivity index (χ2n) is 4.20. The molecule has 5 heteroatoms. The standard InChI is InChI=1S/C13H15N3O2/c1-9-11(10(2)15-14-9)6-7-13(18)16-8-4-3-5-12(16)17/h3,5-7H,4,8H2,1-2H3,(H,14,15)/b7-6+. The fourth-order valence-electron chi connectivity index (χ4n) is 1.86. The maximum atomic E-state index is 11.9. The fourth-order valence-corrected chi connectivity index (χ4v) is 1.86. The molecule has 2 amide bonds. The van der Waals surface area contributed by atoms with Crippen LogP contribution in [0.2, 0.25) is 0 Å². The molecule has 2 rings (SSSR count). The Hall–Kier alpha value is -2.17. The first-order valence-corrected chi connectivity index (χ1v) is 5.81. The summed E-state index contributed by atoms with van der Waals surface area (Å²) < 4.78 is 0. The Morgan fingerprint density at radius 2 is 2.28 bits per heavy atom. The highest BCUT2D eigenvalue weighted by molar-refractivity contribution is 6.06. The average Bonchev–Trinajstić information content (AvgIpc) is 2.67. The summed E-state index contributed by atoms with van der Waals surface area (Å²) in [4.78, 5) is 24.6. The van der Waals surface area contributed by atoms with Gasteiger partial charge in [0.25, 0.3) is 11.8 Å². The van der Waals surface area contributed by atoms with Crippen molar-refractivity contribution in [2.45, 2.75) is 20.3 Å². The van der Waals surface area contributed by atoms with Crippen molar-refractivity contribution in [3.05, 3.63) is 35.2 Å². The van der Waals surface area contributed by atoms with E-state index in [4.69, 9.17) is 0 Å². The van der Waals surface area contributed by atoms with Gasteiger partial charge in [-0.3, -0.25) is 19.6 Å². The Balaban J connectivity index is 2.12. The molecule has 94 valence electrons. The smallest absolute Gasteiger partial charge is 0.253 e. The van der Waals surface area contributed by atoms with Gasteiger partial charge in [-0.15, -0.1) is 0 Å². The number of nitrogens with zero attached hydrogens (tertiary/aromatic N) is 2. The van der Waals surface area contributed by atoms with Crippen LogP contribution in [0.4, 0.5) is 0 Å². The van der Waals surface area contributed by atoms with Gasteiger partial charge in [0.1, 0.15) is 0 Å². The summed E-state index contributed by atoms with van der Waals surface area (Å²) in [7, 11) is 0. The van der Waals surface area contributed by atoms with Crippen molar-refractivity contribution in [2.24, 2.45) is 0 Å². The predicted molar refractivity (Wildman–Crippen MR) is 67.6 cm³/mol. The molecule has 1 aliphatic rings. The summed E-state index contributed by atoms with van der Waals surface area (Å²) in [5.74, 6) is -0.541. The Morgan fingerprint density at radius 1 is 1.50 bits per heavy atom. The van der Waals surface area contributed by atoms with Crippen LogP contribution in [-0.4, -0.2) is 33.5 Å². The zero-order valence-corrected chi connectivity index (χ0v) is 10.4. The zero-order valence-electron chi connectivity index (χ0n) is 10.4. The number of imide groups is 1. The van der Waals surface area contributed by atoms with Crippen LogP contribution in [0.3, 0.4) is 0 Å². The van der Waals surface area contributed by atoms with Crippen molar-refractivity contribution in [3.63, 3.8) is 0 Å². The molecular weight excluding hydrogens is 230 g/mol. The zero-order chi connectivity index (χ0) is 13.1. The van der Waals surface area contributed by atoms with Gasteiger partial charge >= 0.3 is 0 Å². The van der Waals surface area contributed by atoms with Crippen LogP contribution in [0, 0.1) is 13.8 Å². The maximum Gasteiger partial charge on any atom is 0.253 e. The van der Waals surface area contributed by atoms with E-state index >= 15 is 0 Å². The fraction of sp³-hybridized carbons (Fsp3) is 0.308. The highest BCUT2D eigenvalue weighted by Crippen LogP contribution is 2.12. The molecule has 1 aliphatic heterocycles. The third kappa shape index (κ3) is 2.40. The molecule has 0 spiro atoms. The van der Waals surface area contributed by atoms with Crippen LogP contribution in [0.15, 0.2) is 18.2 Å². The number of carbonyl (C=O) groups is 2. The first-order valence-electron chi connectivity index (χ1n) is 5.81. The van der Waals surface area contributed by atoms with E-state index in [9.17, 15) is 9.59 Å². The number of H-pyrrole nitrogens is 1. The van der Waals surface area contributed by atoms with Crippen LogP contribution >= 0.6 is 0 Å². The molecule has 0 unspecified atom stereocenters. The molecule has 5 nitrogen and oxygen atoms in total. The minimum atomic E-state index is -0.288. The molecule has 1 aromatic heterocycles. The summed E-state index contributed by atoms with van der Waals surface area (Å²) in [5.41, 5.74) is 2.63. The number of amides is 2. The Morgan fingerprint density at radius 3 is 2.89 bits per heavy atom. The number of aromatic nitrogens is 2. The van der Waals surface area contributed by atoms with E-state index in [1.54, 1.807) is 12.2 Å². The molecule has 1 N–H and O–H groups in total. The molecule has 18 heavy (non-hydrogen) atoms. The minimum absolute atomic E-state index is 0.253. The van der Waals surface area contributed by atoms with Crippen molar-refractivity contribution >= 4 is 17.9 Å². The van der Waals surface area contributed by atoms with Crippen molar-refractivity contribution in [2.75, 3.05) is 6.54 Å². The topological polar surface area (TPSA) is 66.1 Å². The Kier molecular flexibility index (Phi) is 3.41. The predicted octanol–water partition coefficient (Wildman–Crippen LogP) is 1.35. The van der Waals surface area contributed by atoms with Crippen LogP contribution in [0.1, 0.15) is 23.4 Å². The highest BCUT2D eigenvalue weighted by Gasteiger charge is 2.19. The number of hydrogen-bond acceptors (Lipinski definition) is 3. The van der Waals surface area contributed by atoms with Crippen LogP contribution in [0.25, 0.3) is 6.08 Å². The van der Waals surface area contributed by atoms with Crippen molar-refractivity contribution in [1.29, 1.82) is 0 Å². The van der Waals surface area contributed by atoms with Crippen molar-refractivity contribution in [1.82, 2.24) is 15.1 Å². The number of carbonyl (C=O) groups excluding carboxylic acids is 2. The van der Waals surface area contributed by atoms with E-state index in [0.717, 1.165) is 23.4 Å². The lowest BCUT2D eigenvalue weighted by Gasteiger charge is -2.19. The van der Waals surface area contributed by atoms with Crippen LogP contribution in [-0.2, 0) is 9.59 Å². The number of rotatable bonds is 2.